The molecule has 1 aromatic heterocycles. The number of ether oxygens (including phenoxy) is 2. The van der Waals surface area contributed by atoms with E-state index in [0.29, 0.717) is 34.3 Å². The molecule has 0 atom stereocenters. The highest BCUT2D eigenvalue weighted by atomic mass is 35.5. The number of rotatable bonds is 10. The molecule has 0 saturated heterocycles. The van der Waals surface area contributed by atoms with Crippen molar-refractivity contribution in [3.8, 4) is 22.6 Å². The molecule has 1 amide bonds. The van der Waals surface area contributed by atoms with E-state index in [9.17, 15) is 4.79 Å². The summed E-state index contributed by atoms with van der Waals surface area (Å²) in [7, 11) is 3.26. The summed E-state index contributed by atoms with van der Waals surface area (Å²) in [5, 5.41) is 0.632. The Morgan fingerprint density at radius 3 is 2.06 bits per heavy atom. The van der Waals surface area contributed by atoms with Crippen LogP contribution in [0.1, 0.15) is 24.2 Å². The van der Waals surface area contributed by atoms with Crippen LogP contribution < -0.4 is 14.4 Å². The van der Waals surface area contributed by atoms with Crippen LogP contribution in [0.5, 0.6) is 11.5 Å². The van der Waals surface area contributed by atoms with Gasteiger partial charge in [0.25, 0.3) is 5.91 Å². The van der Waals surface area contributed by atoms with Gasteiger partial charge in [0.2, 0.25) is 0 Å². The molecule has 3 aromatic carbocycles. The van der Waals surface area contributed by atoms with Gasteiger partial charge < -0.3 is 14.4 Å². The number of aromatic nitrogens is 1. The summed E-state index contributed by atoms with van der Waals surface area (Å²) >= 11 is 1.45. The van der Waals surface area contributed by atoms with Crippen LogP contribution in [0.15, 0.2) is 66.7 Å². The third kappa shape index (κ3) is 5.81. The van der Waals surface area contributed by atoms with Crippen molar-refractivity contribution >= 4 is 45.0 Å². The second-order valence-electron chi connectivity index (χ2n) is 8.07. The Morgan fingerprint density at radius 2 is 1.44 bits per heavy atom. The summed E-state index contributed by atoms with van der Waals surface area (Å²) in [5.74, 6) is 1.30. The predicted octanol–water partition coefficient (Wildman–Crippen LogP) is 6.39. The summed E-state index contributed by atoms with van der Waals surface area (Å²) in [4.78, 5) is 22.7. The van der Waals surface area contributed by atoms with E-state index in [4.69, 9.17) is 14.5 Å². The van der Waals surface area contributed by atoms with Gasteiger partial charge in [-0.15, -0.1) is 12.4 Å². The molecule has 0 aliphatic heterocycles. The lowest BCUT2D eigenvalue weighted by Gasteiger charge is -2.24. The number of likely N-dealkylation sites (N-methyl/N-ethyl adjacent to an activating group) is 1. The molecule has 36 heavy (non-hydrogen) atoms. The summed E-state index contributed by atoms with van der Waals surface area (Å²) < 4.78 is 11.9. The van der Waals surface area contributed by atoms with E-state index in [1.165, 1.54) is 11.3 Å². The van der Waals surface area contributed by atoms with Gasteiger partial charge in [-0.1, -0.05) is 67.6 Å². The first-order valence-corrected chi connectivity index (χ1v) is 12.6. The number of carbonyl (C=O) groups is 1. The molecular weight excluding hydrogens is 494 g/mol. The Hall–Kier alpha value is -3.13. The van der Waals surface area contributed by atoms with Gasteiger partial charge in [-0.3, -0.25) is 9.69 Å². The second-order valence-corrected chi connectivity index (χ2v) is 9.05. The topological polar surface area (TPSA) is 54.9 Å². The van der Waals surface area contributed by atoms with Crippen LogP contribution >= 0.6 is 23.7 Å². The first-order chi connectivity index (χ1) is 17.1. The van der Waals surface area contributed by atoms with E-state index in [2.05, 4.69) is 30.9 Å². The number of benzene rings is 3. The van der Waals surface area contributed by atoms with Crippen LogP contribution in [0.25, 0.3) is 21.3 Å². The average Bonchev–Trinajstić information content (AvgIpc) is 3.36. The van der Waals surface area contributed by atoms with Crippen LogP contribution in [0, 0.1) is 0 Å². The normalized spacial score (nSPS) is 10.8. The highest BCUT2D eigenvalue weighted by Crippen LogP contribution is 2.40. The Morgan fingerprint density at radius 1 is 0.833 bits per heavy atom. The molecular formula is C28H32ClN3O3S. The number of amides is 1. The van der Waals surface area contributed by atoms with Crippen molar-refractivity contribution < 1.29 is 14.3 Å². The number of anilines is 1. The first-order valence-electron chi connectivity index (χ1n) is 11.8. The highest BCUT2D eigenvalue weighted by molar-refractivity contribution is 7.22. The number of carbonyl (C=O) groups excluding carboxylic acids is 1. The Kier molecular flexibility index (Phi) is 9.70. The number of methoxy groups -OCH3 is 2. The Balaban J connectivity index is 0.00000361. The fourth-order valence-corrected chi connectivity index (χ4v) is 5.15. The molecule has 190 valence electrons. The number of hydrogen-bond donors (Lipinski definition) is 0. The lowest BCUT2D eigenvalue weighted by Crippen LogP contribution is -2.38. The van der Waals surface area contributed by atoms with Crippen molar-refractivity contribution in [1.29, 1.82) is 0 Å². The van der Waals surface area contributed by atoms with Crippen LogP contribution in [0.4, 0.5) is 5.13 Å². The molecule has 1 heterocycles. The number of thiazole rings is 1. The molecule has 8 heteroatoms. The van der Waals surface area contributed by atoms with Crippen molar-refractivity contribution in [2.75, 3.05) is 45.3 Å². The van der Waals surface area contributed by atoms with Crippen LogP contribution in [-0.2, 0) is 0 Å². The fourth-order valence-electron chi connectivity index (χ4n) is 4.05. The minimum Gasteiger partial charge on any atom is -0.495 e. The minimum atomic E-state index is -0.0752. The van der Waals surface area contributed by atoms with Gasteiger partial charge in [-0.25, -0.2) is 4.98 Å². The SMILES string of the molecule is CCN(CC)CCN(C(=O)c1ccc(-c2ccccc2)cc1)c1nc2c(OC)ccc(OC)c2s1.Cl. The van der Waals surface area contributed by atoms with E-state index in [1.807, 2.05) is 54.6 Å². The number of halogens is 1. The zero-order valence-corrected chi connectivity index (χ0v) is 22.7. The molecule has 0 aliphatic carbocycles. The maximum atomic E-state index is 13.8. The van der Waals surface area contributed by atoms with E-state index >= 15 is 0 Å². The molecule has 0 aliphatic rings. The van der Waals surface area contributed by atoms with Crippen molar-refractivity contribution in [3.63, 3.8) is 0 Å². The van der Waals surface area contributed by atoms with E-state index in [1.54, 1.807) is 19.1 Å². The first kappa shape index (κ1) is 27.5. The monoisotopic (exact) mass is 525 g/mol. The molecule has 0 spiro atoms. The quantitative estimate of drug-likeness (QED) is 0.240. The van der Waals surface area contributed by atoms with Gasteiger partial charge in [0.1, 0.15) is 21.7 Å². The second kappa shape index (κ2) is 12.7. The molecule has 6 nitrogen and oxygen atoms in total. The van der Waals surface area contributed by atoms with Gasteiger partial charge in [0, 0.05) is 18.7 Å². The van der Waals surface area contributed by atoms with Gasteiger partial charge >= 0.3 is 0 Å². The van der Waals surface area contributed by atoms with Gasteiger partial charge in [-0.05, 0) is 48.5 Å². The van der Waals surface area contributed by atoms with Crippen LogP contribution in [0.3, 0.4) is 0 Å². The molecule has 4 rings (SSSR count). The lowest BCUT2D eigenvalue weighted by atomic mass is 10.0. The number of hydrogen-bond acceptors (Lipinski definition) is 6. The highest BCUT2D eigenvalue weighted by Gasteiger charge is 2.24. The summed E-state index contributed by atoms with van der Waals surface area (Å²) in [6, 6.07) is 21.6. The molecule has 4 aromatic rings. The van der Waals surface area contributed by atoms with Crippen molar-refractivity contribution in [2.45, 2.75) is 13.8 Å². The fraction of sp³-hybridized carbons (Fsp3) is 0.286. The van der Waals surface area contributed by atoms with Crippen LogP contribution in [-0.4, -0.2) is 56.2 Å². The van der Waals surface area contributed by atoms with E-state index < -0.39 is 0 Å². The van der Waals surface area contributed by atoms with Gasteiger partial charge in [0.15, 0.2) is 5.13 Å². The maximum absolute atomic E-state index is 13.8. The average molecular weight is 526 g/mol. The third-order valence-electron chi connectivity index (χ3n) is 6.15. The Bertz CT molecular complexity index is 1230. The van der Waals surface area contributed by atoms with Gasteiger partial charge in [0.05, 0.1) is 14.2 Å². The van der Waals surface area contributed by atoms with Crippen LogP contribution in [0.2, 0.25) is 0 Å². The minimum absolute atomic E-state index is 0. The van der Waals surface area contributed by atoms with Crippen molar-refractivity contribution in [1.82, 2.24) is 9.88 Å². The molecule has 0 radical (unpaired) electrons. The molecule has 0 fully saturated rings. The third-order valence-corrected chi connectivity index (χ3v) is 7.24. The standard InChI is InChI=1S/C28H31N3O3S.ClH/c1-5-30(6-2)18-19-31(28-29-25-23(33-3)16-17-24(34-4)26(25)35-28)27(32)22-14-12-21(13-15-22)20-10-8-7-9-11-20;/h7-17H,5-6,18-19H2,1-4H3;1H. The number of fused-ring (bicyclic) bond motifs is 1. The molecule has 0 bridgehead atoms. The van der Waals surface area contributed by atoms with Gasteiger partial charge in [-0.2, -0.15) is 0 Å². The summed E-state index contributed by atoms with van der Waals surface area (Å²) in [6.07, 6.45) is 0. The summed E-state index contributed by atoms with van der Waals surface area (Å²) in [5.41, 5.74) is 3.52. The van der Waals surface area contributed by atoms with E-state index in [0.717, 1.165) is 35.5 Å². The lowest BCUT2D eigenvalue weighted by molar-refractivity contribution is 0.0984. The number of nitrogens with zero attached hydrogens (tertiary/aromatic N) is 3. The molecule has 0 N–H and O–H groups in total. The Labute approximate surface area is 222 Å². The molecule has 0 saturated carbocycles. The smallest absolute Gasteiger partial charge is 0.260 e. The largest absolute Gasteiger partial charge is 0.495 e. The summed E-state index contributed by atoms with van der Waals surface area (Å²) in [6.45, 7) is 7.39. The van der Waals surface area contributed by atoms with Crippen molar-refractivity contribution in [2.24, 2.45) is 0 Å². The van der Waals surface area contributed by atoms with Crippen molar-refractivity contribution in [3.05, 3.63) is 72.3 Å². The zero-order chi connectivity index (χ0) is 24.8. The van der Waals surface area contributed by atoms with E-state index in [-0.39, 0.29) is 18.3 Å². The zero-order valence-electron chi connectivity index (χ0n) is 21.1. The molecule has 0 unspecified atom stereocenters. The predicted molar refractivity (Wildman–Crippen MR) is 151 cm³/mol. The maximum Gasteiger partial charge on any atom is 0.260 e.